The molecule has 18 heavy (non-hydrogen) atoms. The van der Waals surface area contributed by atoms with E-state index in [1.165, 1.54) is 0 Å². The van der Waals surface area contributed by atoms with E-state index in [-0.39, 0.29) is 0 Å². The van der Waals surface area contributed by atoms with Gasteiger partial charge >= 0.3 is 0 Å². The lowest BCUT2D eigenvalue weighted by molar-refractivity contribution is 0.529. The van der Waals surface area contributed by atoms with Crippen molar-refractivity contribution >= 4 is 5.65 Å². The molecule has 3 aromatic rings. The molecule has 0 saturated carbocycles. The minimum atomic E-state index is 0.539. The van der Waals surface area contributed by atoms with E-state index in [0.717, 1.165) is 5.69 Å². The van der Waals surface area contributed by atoms with Gasteiger partial charge in [0.1, 0.15) is 6.07 Å². The van der Waals surface area contributed by atoms with Gasteiger partial charge in [0.05, 0.1) is 11.3 Å². The topological polar surface area (TPSA) is 80.0 Å². The molecule has 3 aromatic heterocycles. The number of nitrogens with zero attached hydrogens (tertiary/aromatic N) is 5. The van der Waals surface area contributed by atoms with Crippen molar-refractivity contribution in [1.29, 1.82) is 5.26 Å². The van der Waals surface area contributed by atoms with Crippen LogP contribution >= 0.6 is 0 Å². The molecule has 6 nitrogen and oxygen atoms in total. The number of aromatic nitrogens is 4. The van der Waals surface area contributed by atoms with Crippen molar-refractivity contribution in [2.24, 2.45) is 0 Å². The van der Waals surface area contributed by atoms with Crippen molar-refractivity contribution in [3.05, 3.63) is 35.5 Å². The number of hydrogen-bond acceptors (Lipinski definition) is 5. The van der Waals surface area contributed by atoms with Crippen molar-refractivity contribution in [3.8, 4) is 17.7 Å². The number of oxazole rings is 1. The van der Waals surface area contributed by atoms with Crippen LogP contribution in [0.1, 0.15) is 17.1 Å². The van der Waals surface area contributed by atoms with Gasteiger partial charge in [-0.3, -0.25) is 4.40 Å². The molecule has 0 unspecified atom stereocenters. The van der Waals surface area contributed by atoms with Crippen LogP contribution in [0.4, 0.5) is 0 Å². The zero-order chi connectivity index (χ0) is 12.7. The normalized spacial score (nSPS) is 10.7. The highest BCUT2D eigenvalue weighted by Crippen LogP contribution is 2.23. The largest absolute Gasteiger partial charge is 0.437 e. The predicted molar refractivity (Wildman–Crippen MR) is 62.7 cm³/mol. The molecule has 3 rings (SSSR count). The van der Waals surface area contributed by atoms with Gasteiger partial charge in [0.25, 0.3) is 0 Å². The Morgan fingerprint density at radius 1 is 1.28 bits per heavy atom. The van der Waals surface area contributed by atoms with Gasteiger partial charge in [0.15, 0.2) is 17.3 Å². The Balaban J connectivity index is 2.30. The molecule has 88 valence electrons. The third-order valence-corrected chi connectivity index (χ3v) is 2.64. The first-order chi connectivity index (χ1) is 8.69. The van der Waals surface area contributed by atoms with Crippen LogP contribution in [0.5, 0.6) is 0 Å². The Bertz CT molecular complexity index is 777. The van der Waals surface area contributed by atoms with E-state index in [1.807, 2.05) is 6.92 Å². The van der Waals surface area contributed by atoms with Gasteiger partial charge < -0.3 is 4.42 Å². The summed E-state index contributed by atoms with van der Waals surface area (Å²) in [4.78, 5) is 4.20. The van der Waals surface area contributed by atoms with E-state index >= 15 is 0 Å². The lowest BCUT2D eigenvalue weighted by atomic mass is 10.3. The van der Waals surface area contributed by atoms with Crippen LogP contribution in [0.2, 0.25) is 0 Å². The van der Waals surface area contributed by atoms with Crippen molar-refractivity contribution in [2.45, 2.75) is 13.8 Å². The van der Waals surface area contributed by atoms with E-state index < -0.39 is 0 Å². The second-order valence-electron chi connectivity index (χ2n) is 3.93. The molecule has 0 aliphatic heterocycles. The Hall–Kier alpha value is -2.68. The standard InChI is InChI=1S/C12H9N5O/c1-7-11(18-8(2)14-7)12-16-15-10-4-3-9(5-13)6-17(10)12/h3-4,6H,1-2H3. The summed E-state index contributed by atoms with van der Waals surface area (Å²) < 4.78 is 7.25. The highest BCUT2D eigenvalue weighted by Gasteiger charge is 2.16. The van der Waals surface area contributed by atoms with Crippen molar-refractivity contribution in [2.75, 3.05) is 0 Å². The Kier molecular flexibility index (Phi) is 2.13. The molecule has 0 bridgehead atoms. The Morgan fingerprint density at radius 3 is 2.78 bits per heavy atom. The van der Waals surface area contributed by atoms with Gasteiger partial charge in [-0.25, -0.2) is 4.98 Å². The first-order valence-corrected chi connectivity index (χ1v) is 5.38. The maximum atomic E-state index is 8.91. The van der Waals surface area contributed by atoms with Crippen LogP contribution in [-0.2, 0) is 0 Å². The van der Waals surface area contributed by atoms with E-state index in [9.17, 15) is 0 Å². The van der Waals surface area contributed by atoms with Crippen LogP contribution in [0, 0.1) is 25.2 Å². The van der Waals surface area contributed by atoms with Gasteiger partial charge in [-0.15, -0.1) is 10.2 Å². The number of pyridine rings is 1. The molecule has 0 N–H and O–H groups in total. The van der Waals surface area contributed by atoms with Gasteiger partial charge in [-0.2, -0.15) is 5.26 Å². The predicted octanol–water partition coefficient (Wildman–Crippen LogP) is 1.87. The molecule has 0 saturated heterocycles. The molecule has 0 spiro atoms. The molecule has 0 atom stereocenters. The maximum absolute atomic E-state index is 8.91. The second-order valence-corrected chi connectivity index (χ2v) is 3.93. The summed E-state index contributed by atoms with van der Waals surface area (Å²) in [5.74, 6) is 1.71. The molecular weight excluding hydrogens is 230 g/mol. The first kappa shape index (κ1) is 10.5. The highest BCUT2D eigenvalue weighted by molar-refractivity contribution is 5.56. The van der Waals surface area contributed by atoms with Crippen molar-refractivity contribution < 1.29 is 4.42 Å². The van der Waals surface area contributed by atoms with Crippen LogP contribution in [-0.4, -0.2) is 19.6 Å². The molecule has 3 heterocycles. The fourth-order valence-corrected chi connectivity index (χ4v) is 1.85. The third-order valence-electron chi connectivity index (χ3n) is 2.64. The van der Waals surface area contributed by atoms with Crippen LogP contribution in [0.15, 0.2) is 22.7 Å². The summed E-state index contributed by atoms with van der Waals surface area (Å²) in [5, 5.41) is 17.0. The number of fused-ring (bicyclic) bond motifs is 1. The minimum absolute atomic E-state index is 0.539. The molecule has 0 aliphatic carbocycles. The van der Waals surface area contributed by atoms with E-state index in [0.29, 0.717) is 28.7 Å². The number of aryl methyl sites for hydroxylation is 2. The average molecular weight is 239 g/mol. The fraction of sp³-hybridized carbons (Fsp3) is 0.167. The maximum Gasteiger partial charge on any atom is 0.206 e. The fourth-order valence-electron chi connectivity index (χ4n) is 1.85. The molecule has 6 heteroatoms. The molecule has 0 amide bonds. The lowest BCUT2D eigenvalue weighted by Gasteiger charge is -1.97. The van der Waals surface area contributed by atoms with Gasteiger partial charge in [0.2, 0.25) is 5.82 Å². The van der Waals surface area contributed by atoms with Gasteiger partial charge in [0, 0.05) is 13.1 Å². The lowest BCUT2D eigenvalue weighted by Crippen LogP contribution is -1.91. The second kappa shape index (κ2) is 3.67. The summed E-state index contributed by atoms with van der Waals surface area (Å²) in [7, 11) is 0. The first-order valence-electron chi connectivity index (χ1n) is 5.38. The van der Waals surface area contributed by atoms with E-state index in [2.05, 4.69) is 21.3 Å². The van der Waals surface area contributed by atoms with Crippen LogP contribution in [0.25, 0.3) is 17.2 Å². The zero-order valence-electron chi connectivity index (χ0n) is 9.88. The number of hydrogen-bond donors (Lipinski definition) is 0. The average Bonchev–Trinajstić information content (AvgIpc) is 2.91. The quantitative estimate of drug-likeness (QED) is 0.647. The Morgan fingerprint density at radius 2 is 2.11 bits per heavy atom. The number of rotatable bonds is 1. The van der Waals surface area contributed by atoms with Crippen LogP contribution < -0.4 is 0 Å². The Labute approximate surface area is 103 Å². The van der Waals surface area contributed by atoms with Gasteiger partial charge in [-0.1, -0.05) is 0 Å². The van der Waals surface area contributed by atoms with Gasteiger partial charge in [-0.05, 0) is 19.1 Å². The third kappa shape index (κ3) is 1.45. The highest BCUT2D eigenvalue weighted by atomic mass is 16.4. The molecular formula is C12H9N5O. The van der Waals surface area contributed by atoms with E-state index in [1.54, 1.807) is 29.7 Å². The van der Waals surface area contributed by atoms with E-state index in [4.69, 9.17) is 9.68 Å². The molecule has 0 radical (unpaired) electrons. The minimum Gasteiger partial charge on any atom is -0.437 e. The zero-order valence-corrected chi connectivity index (χ0v) is 9.88. The summed E-state index contributed by atoms with van der Waals surface area (Å²) >= 11 is 0. The number of nitriles is 1. The molecule has 0 aliphatic rings. The molecule has 0 aromatic carbocycles. The summed E-state index contributed by atoms with van der Waals surface area (Å²) in [6, 6.07) is 5.53. The SMILES string of the molecule is Cc1nc(C)c(-c2nnc3ccc(C#N)cn23)o1. The van der Waals surface area contributed by atoms with Crippen molar-refractivity contribution in [3.63, 3.8) is 0 Å². The molecule has 0 fully saturated rings. The monoisotopic (exact) mass is 239 g/mol. The summed E-state index contributed by atoms with van der Waals surface area (Å²) in [5.41, 5.74) is 1.96. The van der Waals surface area contributed by atoms with Crippen LogP contribution in [0.3, 0.4) is 0 Å². The summed E-state index contributed by atoms with van der Waals surface area (Å²) in [6.45, 7) is 3.63. The summed E-state index contributed by atoms with van der Waals surface area (Å²) in [6.07, 6.45) is 1.68. The smallest absolute Gasteiger partial charge is 0.206 e. The van der Waals surface area contributed by atoms with Crippen molar-refractivity contribution in [1.82, 2.24) is 19.6 Å².